The van der Waals surface area contributed by atoms with E-state index in [4.69, 9.17) is 34.8 Å². The monoisotopic (exact) mass is 552 g/mol. The highest BCUT2D eigenvalue weighted by Gasteiger charge is 2.28. The number of rotatable bonds is 0. The molecule has 10 aromatic rings. The van der Waals surface area contributed by atoms with E-state index in [1.54, 1.807) is 0 Å². The second kappa shape index (κ2) is 6.84. The van der Waals surface area contributed by atoms with E-state index in [9.17, 15) is 0 Å². The molecule has 3 heteroatoms. The lowest BCUT2D eigenvalue weighted by molar-refractivity contribution is 1.84. The van der Waals surface area contributed by atoms with E-state index in [0.717, 1.165) is 31.2 Å². The van der Waals surface area contributed by atoms with Crippen molar-refractivity contribution < 1.29 is 0 Å². The van der Waals surface area contributed by atoms with E-state index < -0.39 is 0 Å². The topological polar surface area (TPSA) is 0 Å². The quantitative estimate of drug-likeness (QED) is 0.175. The van der Waals surface area contributed by atoms with Crippen LogP contribution < -0.4 is 0 Å². The van der Waals surface area contributed by atoms with Gasteiger partial charge in [0.05, 0.1) is 0 Å². The normalized spacial score (nSPS) is 13.0. The van der Waals surface area contributed by atoms with E-state index in [1.807, 2.05) is 18.2 Å². The number of benzene rings is 7. The Hall–Kier alpha value is -3.81. The predicted molar refractivity (Wildman–Crippen MR) is 173 cm³/mol. The summed E-state index contributed by atoms with van der Waals surface area (Å²) in [7, 11) is 0. The molecule has 0 aliphatic rings. The van der Waals surface area contributed by atoms with Crippen LogP contribution in [0.25, 0.3) is 97.0 Å². The lowest BCUT2D eigenvalue weighted by Gasteiger charge is -2.06. The highest BCUT2D eigenvalue weighted by Crippen LogP contribution is 2.57. The molecule has 10 rings (SSSR count). The third-order valence-corrected chi connectivity index (χ3v) is 9.99. The molecule has 0 saturated carbocycles. The van der Waals surface area contributed by atoms with Crippen molar-refractivity contribution >= 4 is 132 Å². The Morgan fingerprint density at radius 2 is 0.564 bits per heavy atom. The zero-order valence-electron chi connectivity index (χ0n) is 20.3. The van der Waals surface area contributed by atoms with Crippen molar-refractivity contribution in [2.45, 2.75) is 0 Å². The summed E-state index contributed by atoms with van der Waals surface area (Å²) in [4.78, 5) is 0. The van der Waals surface area contributed by atoms with Crippen LogP contribution in [-0.2, 0) is 0 Å². The third-order valence-electron chi connectivity index (χ3n) is 9.04. The van der Waals surface area contributed by atoms with Crippen molar-refractivity contribution in [3.63, 3.8) is 0 Å². The van der Waals surface area contributed by atoms with Crippen molar-refractivity contribution in [1.29, 1.82) is 0 Å². The Morgan fingerprint density at radius 1 is 0.256 bits per heavy atom. The molecule has 0 fully saturated rings. The number of hydrogen-bond donors (Lipinski definition) is 0. The molecule has 0 nitrogen and oxygen atoms in total. The SMILES string of the molecule is Clc1ccc2cccc3c2c1c1c3c2c3c(Cl)ccc4cccc(c43)c2c2c3c(Cl)ccc4cccc(c43)c12. The van der Waals surface area contributed by atoms with Gasteiger partial charge < -0.3 is 0 Å². The minimum atomic E-state index is 0.768. The number of halogens is 3. The first-order valence-electron chi connectivity index (χ1n) is 13.0. The van der Waals surface area contributed by atoms with Gasteiger partial charge in [0, 0.05) is 47.4 Å². The van der Waals surface area contributed by atoms with Crippen LogP contribution in [0.3, 0.4) is 0 Å². The first-order valence-corrected chi connectivity index (χ1v) is 14.2. The lowest BCUT2D eigenvalue weighted by atomic mass is 9.97. The minimum Gasteiger partial charge on any atom is -0.0836 e. The molecule has 10 aromatic carbocycles. The predicted octanol–water partition coefficient (Wildman–Crippen LogP) is 12.3. The summed E-state index contributed by atoms with van der Waals surface area (Å²) < 4.78 is 0. The van der Waals surface area contributed by atoms with Crippen LogP contribution in [0, 0.1) is 0 Å². The molecule has 0 aliphatic heterocycles. The summed E-state index contributed by atoms with van der Waals surface area (Å²) in [5.41, 5.74) is 0. The molecule has 0 N–H and O–H groups in total. The van der Waals surface area contributed by atoms with Gasteiger partial charge in [0.25, 0.3) is 0 Å². The molecule has 0 amide bonds. The molecule has 0 bridgehead atoms. The van der Waals surface area contributed by atoms with Crippen molar-refractivity contribution in [2.24, 2.45) is 0 Å². The Labute approximate surface area is 236 Å². The van der Waals surface area contributed by atoms with Gasteiger partial charge >= 0.3 is 0 Å². The first kappa shape index (κ1) is 21.1. The molecule has 180 valence electrons. The fourth-order valence-electron chi connectivity index (χ4n) is 7.73. The van der Waals surface area contributed by atoms with E-state index in [0.29, 0.717) is 0 Å². The highest BCUT2D eigenvalue weighted by molar-refractivity contribution is 6.59. The van der Waals surface area contributed by atoms with Crippen LogP contribution in [0.4, 0.5) is 0 Å². The van der Waals surface area contributed by atoms with Gasteiger partial charge in [-0.2, -0.15) is 0 Å². The molecule has 0 heterocycles. The molecule has 0 unspecified atom stereocenters. The van der Waals surface area contributed by atoms with Crippen molar-refractivity contribution in [1.82, 2.24) is 0 Å². The molecule has 0 saturated heterocycles. The summed E-state index contributed by atoms with van der Waals surface area (Å²) >= 11 is 21.3. The maximum Gasteiger partial charge on any atom is 0.0491 e. The molecular formula is C36H15Cl3. The van der Waals surface area contributed by atoms with Crippen LogP contribution in [0.5, 0.6) is 0 Å². The minimum absolute atomic E-state index is 0.768. The Bertz CT molecular complexity index is 2360. The summed E-state index contributed by atoms with van der Waals surface area (Å²) in [5, 5.41) is 23.8. The summed E-state index contributed by atoms with van der Waals surface area (Å²) in [6.07, 6.45) is 0. The first-order chi connectivity index (χ1) is 19.1. The second-order valence-corrected chi connectivity index (χ2v) is 11.9. The molecule has 0 atom stereocenters. The zero-order chi connectivity index (χ0) is 25.7. The zero-order valence-corrected chi connectivity index (χ0v) is 22.6. The van der Waals surface area contributed by atoms with Crippen molar-refractivity contribution in [3.8, 4) is 0 Å². The van der Waals surface area contributed by atoms with E-state index in [2.05, 4.69) is 72.8 Å². The van der Waals surface area contributed by atoms with E-state index in [1.165, 1.54) is 80.8 Å². The summed E-state index contributed by atoms with van der Waals surface area (Å²) in [6, 6.07) is 32.2. The smallest absolute Gasteiger partial charge is 0.0491 e. The van der Waals surface area contributed by atoms with E-state index >= 15 is 0 Å². The Balaban J connectivity index is 1.77. The van der Waals surface area contributed by atoms with Gasteiger partial charge in [-0.05, 0) is 82.8 Å². The fourth-order valence-corrected chi connectivity index (χ4v) is 8.48. The molecule has 0 spiro atoms. The van der Waals surface area contributed by atoms with Crippen LogP contribution in [-0.4, -0.2) is 0 Å². The Morgan fingerprint density at radius 3 is 0.872 bits per heavy atom. The fraction of sp³-hybridized carbons (Fsp3) is 0. The molecule has 39 heavy (non-hydrogen) atoms. The third kappa shape index (κ3) is 2.26. The average molecular weight is 554 g/mol. The van der Waals surface area contributed by atoms with Crippen LogP contribution >= 0.6 is 34.8 Å². The molecule has 0 radical (unpaired) electrons. The summed E-state index contributed by atoms with van der Waals surface area (Å²) in [6.45, 7) is 0. The van der Waals surface area contributed by atoms with Gasteiger partial charge in [0.15, 0.2) is 0 Å². The van der Waals surface area contributed by atoms with Crippen LogP contribution in [0.1, 0.15) is 0 Å². The number of fused-ring (bicyclic) bond motifs is 12. The van der Waals surface area contributed by atoms with Crippen molar-refractivity contribution in [2.75, 3.05) is 0 Å². The van der Waals surface area contributed by atoms with Crippen LogP contribution in [0.2, 0.25) is 15.1 Å². The van der Waals surface area contributed by atoms with Gasteiger partial charge in [-0.1, -0.05) is 108 Å². The summed E-state index contributed by atoms with van der Waals surface area (Å²) in [5.74, 6) is 0. The van der Waals surface area contributed by atoms with Gasteiger partial charge in [0.2, 0.25) is 0 Å². The van der Waals surface area contributed by atoms with Gasteiger partial charge in [-0.3, -0.25) is 0 Å². The Kier molecular flexibility index (Phi) is 3.70. The highest BCUT2D eigenvalue weighted by atomic mass is 35.5. The van der Waals surface area contributed by atoms with Gasteiger partial charge in [-0.25, -0.2) is 0 Å². The molecule has 0 aromatic heterocycles. The molecule has 0 aliphatic carbocycles. The van der Waals surface area contributed by atoms with Gasteiger partial charge in [0.1, 0.15) is 0 Å². The van der Waals surface area contributed by atoms with Crippen LogP contribution in [0.15, 0.2) is 91.0 Å². The lowest BCUT2D eigenvalue weighted by Crippen LogP contribution is -1.77. The second-order valence-electron chi connectivity index (χ2n) is 10.7. The molecular weight excluding hydrogens is 539 g/mol. The largest absolute Gasteiger partial charge is 0.0836 e. The average Bonchev–Trinajstić information content (AvgIpc) is 3.60. The van der Waals surface area contributed by atoms with Crippen molar-refractivity contribution in [3.05, 3.63) is 106 Å². The standard InChI is InChI=1S/C36H15Cl3/c37-22-13-10-16-4-1-7-19-25(16)31(22)34-28(19)35-30(20-8-2-5-17-11-14-23(38)32(35)26(17)20)36-29(34)21-9-3-6-18-12-15-24(39)33(36)27(18)21/h1-15H. The number of hydrogen-bond acceptors (Lipinski definition) is 0. The van der Waals surface area contributed by atoms with Gasteiger partial charge in [-0.15, -0.1) is 0 Å². The maximum absolute atomic E-state index is 7.11. The van der Waals surface area contributed by atoms with E-state index in [-0.39, 0.29) is 0 Å². The maximum atomic E-state index is 7.11.